The fourth-order valence-electron chi connectivity index (χ4n) is 2.60. The topological polar surface area (TPSA) is 17.1 Å². The summed E-state index contributed by atoms with van der Waals surface area (Å²) in [5.74, 6) is 0.486. The van der Waals surface area contributed by atoms with E-state index >= 15 is 0 Å². The van der Waals surface area contributed by atoms with E-state index in [1.807, 2.05) is 66.7 Å². The second kappa shape index (κ2) is 7.03. The number of ketones is 1. The molecule has 0 radical (unpaired) electrons. The van der Waals surface area contributed by atoms with E-state index in [4.69, 9.17) is 11.6 Å². The SMILES string of the molecule is O=C(c1ccccc1CS)c1cc(Cl)ccc1-c1ccccc1. The minimum Gasteiger partial charge on any atom is -0.289 e. The Hall–Kier alpha value is -2.03. The maximum Gasteiger partial charge on any atom is 0.194 e. The summed E-state index contributed by atoms with van der Waals surface area (Å²) in [5, 5.41) is 0.552. The maximum absolute atomic E-state index is 13.1. The zero-order valence-electron chi connectivity index (χ0n) is 12.4. The van der Waals surface area contributed by atoms with E-state index < -0.39 is 0 Å². The van der Waals surface area contributed by atoms with Gasteiger partial charge in [0.2, 0.25) is 0 Å². The summed E-state index contributed by atoms with van der Waals surface area (Å²) in [7, 11) is 0. The summed E-state index contributed by atoms with van der Waals surface area (Å²) in [6.07, 6.45) is 0. The van der Waals surface area contributed by atoms with Crippen molar-refractivity contribution in [1.29, 1.82) is 0 Å². The van der Waals surface area contributed by atoms with Gasteiger partial charge in [-0.05, 0) is 28.8 Å². The Morgan fingerprint density at radius 3 is 2.30 bits per heavy atom. The number of carbonyl (C=O) groups excluding carboxylic acids is 1. The number of hydrogen-bond acceptors (Lipinski definition) is 2. The van der Waals surface area contributed by atoms with Gasteiger partial charge in [-0.2, -0.15) is 12.6 Å². The Morgan fingerprint density at radius 1 is 0.870 bits per heavy atom. The van der Waals surface area contributed by atoms with Gasteiger partial charge in [0.1, 0.15) is 0 Å². The van der Waals surface area contributed by atoms with Crippen LogP contribution in [-0.2, 0) is 5.75 Å². The van der Waals surface area contributed by atoms with E-state index in [1.165, 1.54) is 0 Å². The van der Waals surface area contributed by atoms with Crippen molar-refractivity contribution in [3.8, 4) is 11.1 Å². The number of thiol groups is 1. The molecule has 0 bridgehead atoms. The van der Waals surface area contributed by atoms with Gasteiger partial charge in [-0.15, -0.1) is 0 Å². The second-order valence-electron chi connectivity index (χ2n) is 5.20. The molecule has 0 atom stereocenters. The molecular weight excluding hydrogens is 324 g/mol. The Kier molecular flexibility index (Phi) is 4.85. The summed E-state index contributed by atoms with van der Waals surface area (Å²) >= 11 is 10.5. The number of carbonyl (C=O) groups is 1. The van der Waals surface area contributed by atoms with Crippen molar-refractivity contribution in [2.45, 2.75) is 5.75 Å². The molecule has 1 nitrogen and oxygen atoms in total. The first-order chi connectivity index (χ1) is 11.2. The van der Waals surface area contributed by atoms with Crippen LogP contribution in [0.1, 0.15) is 21.5 Å². The Morgan fingerprint density at radius 2 is 1.57 bits per heavy atom. The second-order valence-corrected chi connectivity index (χ2v) is 5.95. The molecule has 0 aliphatic rings. The predicted octanol–water partition coefficient (Wildman–Crippen LogP) is 5.67. The molecule has 0 saturated heterocycles. The minimum absolute atomic E-state index is 0.0315. The summed E-state index contributed by atoms with van der Waals surface area (Å²) in [4.78, 5) is 13.1. The molecule has 3 rings (SSSR count). The normalized spacial score (nSPS) is 10.5. The summed E-state index contributed by atoms with van der Waals surface area (Å²) < 4.78 is 0. The van der Waals surface area contributed by atoms with E-state index in [1.54, 1.807) is 6.07 Å². The molecule has 0 fully saturated rings. The first-order valence-corrected chi connectivity index (χ1v) is 8.30. The quantitative estimate of drug-likeness (QED) is 0.479. The van der Waals surface area contributed by atoms with Crippen molar-refractivity contribution in [2.75, 3.05) is 0 Å². The van der Waals surface area contributed by atoms with Crippen molar-refractivity contribution < 1.29 is 4.79 Å². The van der Waals surface area contributed by atoms with Crippen LogP contribution in [0.3, 0.4) is 0 Å². The van der Waals surface area contributed by atoms with Crippen molar-refractivity contribution >= 4 is 30.0 Å². The monoisotopic (exact) mass is 338 g/mol. The summed E-state index contributed by atoms with van der Waals surface area (Å²) in [6.45, 7) is 0. The van der Waals surface area contributed by atoms with Gasteiger partial charge < -0.3 is 0 Å². The molecule has 23 heavy (non-hydrogen) atoms. The third-order valence-electron chi connectivity index (χ3n) is 3.74. The molecule has 0 amide bonds. The first-order valence-electron chi connectivity index (χ1n) is 7.29. The van der Waals surface area contributed by atoms with Gasteiger partial charge in [0, 0.05) is 21.9 Å². The van der Waals surface area contributed by atoms with Gasteiger partial charge in [0.05, 0.1) is 0 Å². The van der Waals surface area contributed by atoms with E-state index in [2.05, 4.69) is 12.6 Å². The fraction of sp³-hybridized carbons (Fsp3) is 0.0500. The molecule has 0 saturated carbocycles. The van der Waals surface area contributed by atoms with Crippen molar-refractivity contribution in [2.24, 2.45) is 0 Å². The lowest BCUT2D eigenvalue weighted by atomic mass is 9.92. The Bertz CT molecular complexity index is 843. The van der Waals surface area contributed by atoms with Crippen LogP contribution in [0.25, 0.3) is 11.1 Å². The third-order valence-corrected chi connectivity index (χ3v) is 4.32. The first kappa shape index (κ1) is 15.9. The third kappa shape index (κ3) is 3.34. The molecule has 0 heterocycles. The highest BCUT2D eigenvalue weighted by molar-refractivity contribution is 7.79. The van der Waals surface area contributed by atoms with Crippen LogP contribution in [0.4, 0.5) is 0 Å². The van der Waals surface area contributed by atoms with Gasteiger partial charge in [-0.25, -0.2) is 0 Å². The van der Waals surface area contributed by atoms with Gasteiger partial charge in [-0.1, -0.05) is 72.3 Å². The fourth-order valence-corrected chi connectivity index (χ4v) is 3.05. The van der Waals surface area contributed by atoms with Crippen LogP contribution in [0.5, 0.6) is 0 Å². The smallest absolute Gasteiger partial charge is 0.194 e. The van der Waals surface area contributed by atoms with E-state index in [0.29, 0.717) is 21.9 Å². The average Bonchev–Trinajstić information content (AvgIpc) is 2.61. The van der Waals surface area contributed by atoms with Crippen LogP contribution < -0.4 is 0 Å². The van der Waals surface area contributed by atoms with Crippen molar-refractivity contribution in [1.82, 2.24) is 0 Å². The van der Waals surface area contributed by atoms with Gasteiger partial charge in [-0.3, -0.25) is 4.79 Å². The molecule has 0 aliphatic heterocycles. The van der Waals surface area contributed by atoms with E-state index in [0.717, 1.165) is 16.7 Å². The molecule has 0 spiro atoms. The molecule has 3 heteroatoms. The van der Waals surface area contributed by atoms with Crippen LogP contribution in [0, 0.1) is 0 Å². The van der Waals surface area contributed by atoms with Crippen molar-refractivity contribution in [3.05, 3.63) is 94.5 Å². The number of rotatable bonds is 4. The van der Waals surface area contributed by atoms with E-state index in [-0.39, 0.29) is 5.78 Å². The summed E-state index contributed by atoms with van der Waals surface area (Å²) in [6, 6.07) is 22.8. The van der Waals surface area contributed by atoms with Crippen LogP contribution >= 0.6 is 24.2 Å². The molecular formula is C20H15ClOS. The Balaban J connectivity index is 2.16. The molecule has 0 unspecified atom stereocenters. The zero-order valence-corrected chi connectivity index (χ0v) is 14.0. The highest BCUT2D eigenvalue weighted by atomic mass is 35.5. The lowest BCUT2D eigenvalue weighted by Crippen LogP contribution is -2.06. The average molecular weight is 339 g/mol. The lowest BCUT2D eigenvalue weighted by molar-refractivity contribution is 0.103. The highest BCUT2D eigenvalue weighted by Gasteiger charge is 2.17. The van der Waals surface area contributed by atoms with E-state index in [9.17, 15) is 4.79 Å². The maximum atomic E-state index is 13.1. The number of halogens is 1. The Labute approximate surface area is 146 Å². The lowest BCUT2D eigenvalue weighted by Gasteiger charge is -2.12. The van der Waals surface area contributed by atoms with Crippen LogP contribution in [-0.4, -0.2) is 5.78 Å². The predicted molar refractivity (Wildman–Crippen MR) is 99.5 cm³/mol. The standard InChI is InChI=1S/C20H15ClOS/c21-16-10-11-17(14-6-2-1-3-7-14)19(12-16)20(22)18-9-5-4-8-15(18)13-23/h1-12,23H,13H2. The summed E-state index contributed by atoms with van der Waals surface area (Å²) in [5.41, 5.74) is 4.07. The largest absolute Gasteiger partial charge is 0.289 e. The molecule has 0 N–H and O–H groups in total. The van der Waals surface area contributed by atoms with Crippen LogP contribution in [0.15, 0.2) is 72.8 Å². The van der Waals surface area contributed by atoms with Crippen LogP contribution in [0.2, 0.25) is 5.02 Å². The molecule has 114 valence electrons. The van der Waals surface area contributed by atoms with Gasteiger partial charge in [0.15, 0.2) is 5.78 Å². The van der Waals surface area contributed by atoms with Gasteiger partial charge >= 0.3 is 0 Å². The zero-order chi connectivity index (χ0) is 16.2. The molecule has 0 aromatic heterocycles. The van der Waals surface area contributed by atoms with Gasteiger partial charge in [0.25, 0.3) is 0 Å². The molecule has 3 aromatic rings. The number of benzene rings is 3. The van der Waals surface area contributed by atoms with Crippen molar-refractivity contribution in [3.63, 3.8) is 0 Å². The minimum atomic E-state index is -0.0315. The number of hydrogen-bond donors (Lipinski definition) is 1. The highest BCUT2D eigenvalue weighted by Crippen LogP contribution is 2.29. The molecule has 3 aromatic carbocycles. The molecule has 0 aliphatic carbocycles.